The quantitative estimate of drug-likeness (QED) is 0.877. The summed E-state index contributed by atoms with van der Waals surface area (Å²) in [6, 6.07) is 4.05. The average molecular weight is 232 g/mol. The third-order valence-corrected chi connectivity index (χ3v) is 2.64. The normalized spacial score (nSPS) is 13.5. The Labute approximate surface area is 102 Å². The fourth-order valence-electron chi connectivity index (χ4n) is 2.01. The Kier molecular flexibility index (Phi) is 3.43. The van der Waals surface area contributed by atoms with E-state index in [9.17, 15) is 0 Å². The molecule has 4 nitrogen and oxygen atoms in total. The zero-order valence-corrected chi connectivity index (χ0v) is 10.7. The van der Waals surface area contributed by atoms with Gasteiger partial charge in [0.1, 0.15) is 11.3 Å². The molecule has 2 heterocycles. The third kappa shape index (κ3) is 2.64. The first kappa shape index (κ1) is 12.0. The molecule has 17 heavy (non-hydrogen) atoms. The second kappa shape index (κ2) is 4.84. The standard InChI is InChI=1S/C13H20N4/c1-9(2)8-17-12(7-10(3)14)16-11-5-4-6-15-13(11)17/h4-6,9-10H,7-8,14H2,1-3H3. The average Bonchev–Trinajstić information content (AvgIpc) is 2.55. The van der Waals surface area contributed by atoms with Crippen molar-refractivity contribution in [1.29, 1.82) is 0 Å². The highest BCUT2D eigenvalue weighted by Crippen LogP contribution is 2.16. The first-order valence-electron chi connectivity index (χ1n) is 6.13. The van der Waals surface area contributed by atoms with Crippen LogP contribution in [0.1, 0.15) is 26.6 Å². The van der Waals surface area contributed by atoms with Crippen LogP contribution in [-0.4, -0.2) is 20.6 Å². The van der Waals surface area contributed by atoms with E-state index in [1.165, 1.54) is 0 Å². The summed E-state index contributed by atoms with van der Waals surface area (Å²) in [6.45, 7) is 7.34. The van der Waals surface area contributed by atoms with Gasteiger partial charge in [-0.15, -0.1) is 0 Å². The molecule has 4 heteroatoms. The Bertz CT molecular complexity index is 499. The molecular formula is C13H20N4. The Hall–Kier alpha value is -1.42. The van der Waals surface area contributed by atoms with Crippen LogP contribution in [0.15, 0.2) is 18.3 Å². The summed E-state index contributed by atoms with van der Waals surface area (Å²) in [6.07, 6.45) is 2.61. The number of nitrogens with two attached hydrogens (primary N) is 1. The molecule has 0 fully saturated rings. The van der Waals surface area contributed by atoms with Gasteiger partial charge in [-0.25, -0.2) is 9.97 Å². The molecule has 0 aliphatic rings. The van der Waals surface area contributed by atoms with Gasteiger partial charge in [0, 0.05) is 25.2 Å². The molecule has 1 unspecified atom stereocenters. The highest BCUT2D eigenvalue weighted by molar-refractivity contribution is 5.71. The number of hydrogen-bond acceptors (Lipinski definition) is 3. The van der Waals surface area contributed by atoms with Crippen LogP contribution < -0.4 is 5.73 Å². The lowest BCUT2D eigenvalue weighted by Crippen LogP contribution is -2.21. The lowest BCUT2D eigenvalue weighted by molar-refractivity contribution is 0.507. The molecule has 2 N–H and O–H groups in total. The molecule has 0 aliphatic carbocycles. The molecule has 0 saturated carbocycles. The Morgan fingerprint density at radius 2 is 2.12 bits per heavy atom. The zero-order valence-electron chi connectivity index (χ0n) is 10.7. The van der Waals surface area contributed by atoms with E-state index < -0.39 is 0 Å². The summed E-state index contributed by atoms with van der Waals surface area (Å²) in [5.41, 5.74) is 7.80. The van der Waals surface area contributed by atoms with Crippen molar-refractivity contribution >= 4 is 11.2 Å². The predicted molar refractivity (Wildman–Crippen MR) is 69.7 cm³/mol. The van der Waals surface area contributed by atoms with Crippen molar-refractivity contribution in [3.8, 4) is 0 Å². The first-order chi connectivity index (χ1) is 8.08. The van der Waals surface area contributed by atoms with Gasteiger partial charge in [-0.2, -0.15) is 0 Å². The molecule has 2 aromatic rings. The summed E-state index contributed by atoms with van der Waals surface area (Å²) in [7, 11) is 0. The van der Waals surface area contributed by atoms with Crippen molar-refractivity contribution in [2.45, 2.75) is 39.8 Å². The maximum Gasteiger partial charge on any atom is 0.159 e. The van der Waals surface area contributed by atoms with Crippen LogP contribution in [0.25, 0.3) is 11.2 Å². The van der Waals surface area contributed by atoms with Crippen LogP contribution in [0, 0.1) is 5.92 Å². The van der Waals surface area contributed by atoms with E-state index in [0.717, 1.165) is 30.0 Å². The molecule has 0 radical (unpaired) electrons. The van der Waals surface area contributed by atoms with Crippen molar-refractivity contribution in [1.82, 2.24) is 14.5 Å². The molecule has 2 aromatic heterocycles. The number of hydrogen-bond donors (Lipinski definition) is 1. The van der Waals surface area contributed by atoms with E-state index in [1.807, 2.05) is 25.3 Å². The molecule has 0 amide bonds. The summed E-state index contributed by atoms with van der Waals surface area (Å²) in [5, 5.41) is 0. The molecule has 92 valence electrons. The monoisotopic (exact) mass is 232 g/mol. The second-order valence-corrected chi connectivity index (χ2v) is 5.06. The van der Waals surface area contributed by atoms with Crippen LogP contribution in [0.5, 0.6) is 0 Å². The highest BCUT2D eigenvalue weighted by Gasteiger charge is 2.13. The van der Waals surface area contributed by atoms with E-state index in [2.05, 4.69) is 28.4 Å². The van der Waals surface area contributed by atoms with Crippen molar-refractivity contribution in [3.63, 3.8) is 0 Å². The lowest BCUT2D eigenvalue weighted by Gasteiger charge is -2.12. The lowest BCUT2D eigenvalue weighted by atomic mass is 10.2. The summed E-state index contributed by atoms with van der Waals surface area (Å²) in [5.74, 6) is 1.61. The van der Waals surface area contributed by atoms with E-state index in [1.54, 1.807) is 0 Å². The van der Waals surface area contributed by atoms with E-state index in [-0.39, 0.29) is 6.04 Å². The number of imidazole rings is 1. The van der Waals surface area contributed by atoms with E-state index in [4.69, 9.17) is 5.73 Å². The Balaban J connectivity index is 2.48. The van der Waals surface area contributed by atoms with Crippen molar-refractivity contribution < 1.29 is 0 Å². The zero-order chi connectivity index (χ0) is 12.4. The number of nitrogens with zero attached hydrogens (tertiary/aromatic N) is 3. The number of rotatable bonds is 4. The van der Waals surface area contributed by atoms with Gasteiger partial charge in [0.05, 0.1) is 0 Å². The molecule has 1 atom stereocenters. The summed E-state index contributed by atoms with van der Waals surface area (Å²) in [4.78, 5) is 9.05. The Morgan fingerprint density at radius 3 is 2.76 bits per heavy atom. The largest absolute Gasteiger partial charge is 0.328 e. The molecule has 0 aromatic carbocycles. The van der Waals surface area contributed by atoms with Gasteiger partial charge in [0.25, 0.3) is 0 Å². The van der Waals surface area contributed by atoms with Gasteiger partial charge >= 0.3 is 0 Å². The number of aromatic nitrogens is 3. The smallest absolute Gasteiger partial charge is 0.159 e. The molecule has 0 spiro atoms. The SMILES string of the molecule is CC(C)Cn1c(CC(C)N)nc2cccnc21. The maximum atomic E-state index is 5.87. The van der Waals surface area contributed by atoms with Gasteiger partial charge in [-0.3, -0.25) is 0 Å². The maximum absolute atomic E-state index is 5.87. The second-order valence-electron chi connectivity index (χ2n) is 5.06. The van der Waals surface area contributed by atoms with Crippen LogP contribution >= 0.6 is 0 Å². The number of fused-ring (bicyclic) bond motifs is 1. The van der Waals surface area contributed by atoms with E-state index in [0.29, 0.717) is 5.92 Å². The van der Waals surface area contributed by atoms with Crippen molar-refractivity contribution in [3.05, 3.63) is 24.2 Å². The van der Waals surface area contributed by atoms with Gasteiger partial charge in [0.2, 0.25) is 0 Å². The summed E-state index contributed by atoms with van der Waals surface area (Å²) >= 11 is 0. The minimum atomic E-state index is 0.123. The van der Waals surface area contributed by atoms with Gasteiger partial charge in [0.15, 0.2) is 5.65 Å². The molecule has 0 bridgehead atoms. The number of pyridine rings is 1. The van der Waals surface area contributed by atoms with E-state index >= 15 is 0 Å². The third-order valence-electron chi connectivity index (χ3n) is 2.64. The summed E-state index contributed by atoms with van der Waals surface area (Å²) < 4.78 is 2.20. The fourth-order valence-corrected chi connectivity index (χ4v) is 2.01. The minimum absolute atomic E-state index is 0.123. The minimum Gasteiger partial charge on any atom is -0.328 e. The van der Waals surface area contributed by atoms with Crippen molar-refractivity contribution in [2.24, 2.45) is 11.7 Å². The first-order valence-corrected chi connectivity index (χ1v) is 6.13. The predicted octanol–water partition coefficient (Wildman–Crippen LogP) is 1.98. The molecule has 0 saturated heterocycles. The molecule has 2 rings (SSSR count). The van der Waals surface area contributed by atoms with Crippen LogP contribution in [0.4, 0.5) is 0 Å². The molecule has 0 aliphatic heterocycles. The van der Waals surface area contributed by atoms with Crippen LogP contribution in [0.2, 0.25) is 0 Å². The van der Waals surface area contributed by atoms with Gasteiger partial charge < -0.3 is 10.3 Å². The topological polar surface area (TPSA) is 56.7 Å². The van der Waals surface area contributed by atoms with Crippen LogP contribution in [0.3, 0.4) is 0 Å². The van der Waals surface area contributed by atoms with Crippen molar-refractivity contribution in [2.75, 3.05) is 0 Å². The van der Waals surface area contributed by atoms with Gasteiger partial charge in [-0.1, -0.05) is 13.8 Å². The Morgan fingerprint density at radius 1 is 1.35 bits per heavy atom. The highest BCUT2D eigenvalue weighted by atomic mass is 15.1. The van der Waals surface area contributed by atoms with Crippen LogP contribution in [-0.2, 0) is 13.0 Å². The molecular weight excluding hydrogens is 212 g/mol. The fraction of sp³-hybridized carbons (Fsp3) is 0.538. The van der Waals surface area contributed by atoms with Gasteiger partial charge in [-0.05, 0) is 25.0 Å².